The molecule has 1 unspecified atom stereocenters. The molecule has 0 aromatic carbocycles. The predicted molar refractivity (Wildman–Crippen MR) is 85.4 cm³/mol. The van der Waals surface area contributed by atoms with Crippen LogP contribution >= 0.6 is 0 Å². The minimum atomic E-state index is -4.12. The molecule has 142 valence electrons. The first kappa shape index (κ1) is 22.7. The van der Waals surface area contributed by atoms with Crippen molar-refractivity contribution in [1.29, 1.82) is 0 Å². The third-order valence-corrected chi connectivity index (χ3v) is 6.35. The molecule has 0 saturated carbocycles. The second-order valence-corrected chi connectivity index (χ2v) is 8.61. The Balaban J connectivity index is 4.33. The minimum absolute atomic E-state index is 0.191. The maximum absolute atomic E-state index is 13.4. The van der Waals surface area contributed by atoms with Gasteiger partial charge in [0.05, 0.1) is 0 Å². The maximum Gasteiger partial charge on any atom is 0.407 e. The first-order chi connectivity index (χ1) is 11.1. The van der Waals surface area contributed by atoms with Gasteiger partial charge in [0.1, 0.15) is 0 Å². The molecule has 0 fully saturated rings. The van der Waals surface area contributed by atoms with Crippen LogP contribution < -0.4 is 5.32 Å². The van der Waals surface area contributed by atoms with E-state index in [1.54, 1.807) is 0 Å². The minimum Gasteiger partial charge on any atom is -0.477 e. The van der Waals surface area contributed by atoms with Gasteiger partial charge in [-0.2, -0.15) is 8.78 Å². The lowest BCUT2D eigenvalue weighted by Crippen LogP contribution is -2.45. The van der Waals surface area contributed by atoms with Gasteiger partial charge in [-0.1, -0.05) is 6.92 Å². The van der Waals surface area contributed by atoms with Gasteiger partial charge in [0, 0.05) is 19.8 Å². The highest BCUT2D eigenvalue weighted by Crippen LogP contribution is 2.24. The number of amides is 1. The smallest absolute Gasteiger partial charge is 0.407 e. The number of aliphatic carboxylic acids is 1. The number of ether oxygens (including phenoxy) is 1. The summed E-state index contributed by atoms with van der Waals surface area (Å²) in [6.45, 7) is 8.22. The van der Waals surface area contributed by atoms with E-state index in [1.807, 2.05) is 20.4 Å². The fraction of sp³-hybridized carbons (Fsp3) is 0.857. The molecule has 0 radical (unpaired) electrons. The zero-order valence-electron chi connectivity index (χ0n) is 14.6. The molecule has 0 bridgehead atoms. The lowest BCUT2D eigenvalue weighted by molar-refractivity contribution is -0.182. The van der Waals surface area contributed by atoms with Crippen LogP contribution in [0.1, 0.15) is 33.6 Å². The molecule has 0 aliphatic carbocycles. The molecule has 7 nitrogen and oxygen atoms in total. The number of hydrogen-bond acceptors (Lipinski definition) is 5. The Hall–Kier alpha value is -1.26. The summed E-state index contributed by atoms with van der Waals surface area (Å²) in [4.78, 5) is 22.1. The highest BCUT2D eigenvalue weighted by Gasteiger charge is 2.49. The van der Waals surface area contributed by atoms with Crippen LogP contribution in [0.4, 0.5) is 13.6 Å². The molecule has 0 saturated heterocycles. The van der Waals surface area contributed by atoms with Gasteiger partial charge in [0.2, 0.25) is 0 Å². The van der Waals surface area contributed by atoms with Gasteiger partial charge in [-0.05, 0) is 39.3 Å². The quantitative estimate of drug-likeness (QED) is 0.405. The van der Waals surface area contributed by atoms with Crippen molar-refractivity contribution in [3.05, 3.63) is 0 Å². The molecule has 0 aromatic heterocycles. The Bertz CT molecular complexity index is 405. The molecular formula is C14H27F2NO6Si. The molecular weight excluding hydrogens is 344 g/mol. The molecule has 0 aliphatic heterocycles. The van der Waals surface area contributed by atoms with Crippen molar-refractivity contribution < 1.29 is 37.1 Å². The summed E-state index contributed by atoms with van der Waals surface area (Å²) in [6, 6.07) is 0.622. The molecule has 10 heteroatoms. The number of alkyl carbamates (subject to hydrolysis) is 1. The highest BCUT2D eigenvalue weighted by atomic mass is 28.4. The SMILES string of the molecule is CCO[Si](C)(CCCNC(=O)OC(CC)C(F)(F)C(=O)O)OCC. The topological polar surface area (TPSA) is 94.1 Å². The van der Waals surface area contributed by atoms with E-state index in [2.05, 4.69) is 10.1 Å². The number of carbonyl (C=O) groups excluding carboxylic acids is 1. The summed E-state index contributed by atoms with van der Waals surface area (Å²) in [5.41, 5.74) is 0. The van der Waals surface area contributed by atoms with Crippen molar-refractivity contribution in [3.63, 3.8) is 0 Å². The molecule has 0 aromatic rings. The van der Waals surface area contributed by atoms with Crippen LogP contribution in [-0.2, 0) is 18.4 Å². The number of rotatable bonds is 12. The number of carboxylic acid groups (broad SMARTS) is 1. The summed E-state index contributed by atoms with van der Waals surface area (Å²) >= 11 is 0. The van der Waals surface area contributed by atoms with Gasteiger partial charge >= 0.3 is 26.5 Å². The Morgan fingerprint density at radius 2 is 1.75 bits per heavy atom. The molecule has 24 heavy (non-hydrogen) atoms. The average Bonchev–Trinajstić information content (AvgIpc) is 2.49. The van der Waals surface area contributed by atoms with Crippen LogP contribution in [-0.4, -0.2) is 57.5 Å². The number of nitrogens with one attached hydrogen (secondary N) is 1. The molecule has 0 aliphatic rings. The van der Waals surface area contributed by atoms with E-state index in [9.17, 15) is 18.4 Å². The van der Waals surface area contributed by atoms with Crippen molar-refractivity contribution in [2.45, 2.75) is 58.2 Å². The van der Waals surface area contributed by atoms with Gasteiger partial charge in [0.25, 0.3) is 0 Å². The second-order valence-electron chi connectivity index (χ2n) is 5.26. The molecule has 2 N–H and O–H groups in total. The molecule has 0 spiro atoms. The van der Waals surface area contributed by atoms with E-state index in [1.165, 1.54) is 6.92 Å². The third kappa shape index (κ3) is 7.54. The zero-order chi connectivity index (χ0) is 18.8. The number of hydrogen-bond donors (Lipinski definition) is 2. The fourth-order valence-corrected chi connectivity index (χ4v) is 4.53. The first-order valence-electron chi connectivity index (χ1n) is 7.96. The number of carbonyl (C=O) groups is 2. The van der Waals surface area contributed by atoms with Gasteiger partial charge < -0.3 is 24.0 Å². The Morgan fingerprint density at radius 1 is 1.21 bits per heavy atom. The summed E-state index contributed by atoms with van der Waals surface area (Å²) in [5.74, 6) is -6.45. The van der Waals surface area contributed by atoms with E-state index in [4.69, 9.17) is 14.0 Å². The van der Waals surface area contributed by atoms with Crippen LogP contribution in [0.5, 0.6) is 0 Å². The van der Waals surface area contributed by atoms with Crippen LogP contribution in [0.15, 0.2) is 0 Å². The number of halogens is 2. The van der Waals surface area contributed by atoms with Crippen molar-refractivity contribution in [1.82, 2.24) is 5.32 Å². The summed E-state index contributed by atoms with van der Waals surface area (Å²) < 4.78 is 42.5. The van der Waals surface area contributed by atoms with Crippen molar-refractivity contribution >= 4 is 20.6 Å². The predicted octanol–water partition coefficient (Wildman–Crippen LogP) is 2.75. The van der Waals surface area contributed by atoms with E-state index in [0.29, 0.717) is 25.7 Å². The van der Waals surface area contributed by atoms with Crippen LogP contribution in [0.25, 0.3) is 0 Å². The van der Waals surface area contributed by atoms with E-state index >= 15 is 0 Å². The number of carboxylic acids is 1. The molecule has 1 atom stereocenters. The average molecular weight is 371 g/mol. The Labute approximate surface area is 141 Å². The molecule has 0 rings (SSSR count). The van der Waals surface area contributed by atoms with Crippen LogP contribution in [0, 0.1) is 0 Å². The molecule has 1 amide bonds. The van der Waals surface area contributed by atoms with E-state index in [0.717, 1.165) is 0 Å². The second kappa shape index (κ2) is 10.6. The van der Waals surface area contributed by atoms with Crippen molar-refractivity contribution in [3.8, 4) is 0 Å². The largest absolute Gasteiger partial charge is 0.477 e. The Morgan fingerprint density at radius 3 is 2.17 bits per heavy atom. The lowest BCUT2D eigenvalue weighted by Gasteiger charge is -2.26. The van der Waals surface area contributed by atoms with Crippen molar-refractivity contribution in [2.24, 2.45) is 0 Å². The molecule has 0 heterocycles. The third-order valence-electron chi connectivity index (χ3n) is 3.29. The fourth-order valence-electron chi connectivity index (χ4n) is 2.12. The Kier molecular flexibility index (Phi) is 10.0. The van der Waals surface area contributed by atoms with Crippen molar-refractivity contribution in [2.75, 3.05) is 19.8 Å². The highest BCUT2D eigenvalue weighted by molar-refractivity contribution is 6.66. The van der Waals surface area contributed by atoms with E-state index < -0.39 is 32.6 Å². The van der Waals surface area contributed by atoms with Crippen LogP contribution in [0.3, 0.4) is 0 Å². The number of alkyl halides is 2. The van der Waals surface area contributed by atoms with Gasteiger partial charge in [-0.15, -0.1) is 0 Å². The summed E-state index contributed by atoms with van der Waals surface area (Å²) in [6.07, 6.45) is -2.86. The van der Waals surface area contributed by atoms with Gasteiger partial charge in [0.15, 0.2) is 6.10 Å². The van der Waals surface area contributed by atoms with Gasteiger partial charge in [-0.25, -0.2) is 9.59 Å². The van der Waals surface area contributed by atoms with Gasteiger partial charge in [-0.3, -0.25) is 0 Å². The van der Waals surface area contributed by atoms with Crippen LogP contribution in [0.2, 0.25) is 12.6 Å². The van der Waals surface area contributed by atoms with E-state index in [-0.39, 0.29) is 13.0 Å². The summed E-state index contributed by atoms with van der Waals surface area (Å²) in [5, 5.41) is 10.8. The standard InChI is InChI=1S/C14H27F2NO6Si/c1-5-11(14(15,16)12(18)19)23-13(20)17-9-8-10-24(4,21-6-2)22-7-3/h11H,5-10H2,1-4H3,(H,17,20)(H,18,19). The maximum atomic E-state index is 13.4. The lowest BCUT2D eigenvalue weighted by atomic mass is 10.1. The summed E-state index contributed by atoms with van der Waals surface area (Å²) in [7, 11) is -2.29. The zero-order valence-corrected chi connectivity index (χ0v) is 15.6. The monoisotopic (exact) mass is 371 g/mol. The first-order valence-corrected chi connectivity index (χ1v) is 10.5. The normalized spacial score (nSPS) is 13.4.